The Morgan fingerprint density at radius 1 is 1.53 bits per heavy atom. The van der Waals surface area contributed by atoms with Crippen molar-refractivity contribution < 1.29 is 13.2 Å². The highest BCUT2D eigenvalue weighted by molar-refractivity contribution is 7.92. The first-order chi connectivity index (χ1) is 6.95. The fourth-order valence-corrected chi connectivity index (χ4v) is 3.42. The van der Waals surface area contributed by atoms with Crippen LogP contribution in [-0.4, -0.2) is 14.3 Å². The molecule has 0 atom stereocenters. The van der Waals surface area contributed by atoms with E-state index < -0.39 is 15.9 Å². The molecule has 0 radical (unpaired) electrons. The summed E-state index contributed by atoms with van der Waals surface area (Å²) < 4.78 is 25.5. The molecule has 7 heteroatoms. The summed E-state index contributed by atoms with van der Waals surface area (Å²) in [6, 6.07) is 2.85. The van der Waals surface area contributed by atoms with Gasteiger partial charge in [0.25, 0.3) is 10.0 Å². The molecule has 1 N–H and O–H groups in total. The van der Waals surface area contributed by atoms with Crippen LogP contribution >= 0.6 is 22.9 Å². The summed E-state index contributed by atoms with van der Waals surface area (Å²) in [5.41, 5.74) is 0. The van der Waals surface area contributed by atoms with Crippen molar-refractivity contribution in [3.05, 3.63) is 16.5 Å². The van der Waals surface area contributed by atoms with E-state index in [4.69, 9.17) is 11.6 Å². The molecule has 0 spiro atoms. The van der Waals surface area contributed by atoms with E-state index in [0.717, 1.165) is 11.3 Å². The summed E-state index contributed by atoms with van der Waals surface area (Å²) in [6.45, 7) is 1.80. The Bertz CT molecular complexity index is 452. The molecule has 84 valence electrons. The van der Waals surface area contributed by atoms with Crippen LogP contribution in [0.5, 0.6) is 0 Å². The summed E-state index contributed by atoms with van der Waals surface area (Å²) in [4.78, 5) is 11.1. The average molecular weight is 268 g/mol. The van der Waals surface area contributed by atoms with E-state index in [2.05, 4.69) is 0 Å². The largest absolute Gasteiger partial charge is 0.274 e. The van der Waals surface area contributed by atoms with Gasteiger partial charge in [-0.15, -0.1) is 11.3 Å². The van der Waals surface area contributed by atoms with Gasteiger partial charge in [-0.25, -0.2) is 13.1 Å². The maximum absolute atomic E-state index is 11.6. The zero-order chi connectivity index (χ0) is 11.5. The second-order valence-corrected chi connectivity index (χ2v) is 6.46. The maximum atomic E-state index is 11.6. The Kier molecular flexibility index (Phi) is 4.12. The standard InChI is InChI=1S/C8H10ClNO3S2/c1-2-3-7(11)10-15(12,13)8-5-4-6(9)14-8/h4-5H,2-3H2,1H3,(H,10,11). The summed E-state index contributed by atoms with van der Waals surface area (Å²) >= 11 is 6.52. The van der Waals surface area contributed by atoms with E-state index in [-0.39, 0.29) is 10.6 Å². The van der Waals surface area contributed by atoms with E-state index >= 15 is 0 Å². The molecule has 0 bridgehead atoms. The highest BCUT2D eigenvalue weighted by Gasteiger charge is 2.18. The Labute approximate surface area is 97.3 Å². The van der Waals surface area contributed by atoms with Crippen LogP contribution in [-0.2, 0) is 14.8 Å². The predicted octanol–water partition coefficient (Wildman–Crippen LogP) is 2.01. The van der Waals surface area contributed by atoms with E-state index in [1.165, 1.54) is 12.1 Å². The van der Waals surface area contributed by atoms with Crippen LogP contribution < -0.4 is 4.72 Å². The average Bonchev–Trinajstić information content (AvgIpc) is 2.51. The van der Waals surface area contributed by atoms with Gasteiger partial charge in [-0.3, -0.25) is 4.79 Å². The molecule has 0 saturated heterocycles. The number of amides is 1. The molecule has 0 aliphatic heterocycles. The first-order valence-electron chi connectivity index (χ1n) is 4.26. The molecule has 0 unspecified atom stereocenters. The fourth-order valence-electron chi connectivity index (χ4n) is 0.920. The second-order valence-electron chi connectivity index (χ2n) is 2.84. The van der Waals surface area contributed by atoms with Gasteiger partial charge in [-0.2, -0.15) is 0 Å². The van der Waals surface area contributed by atoms with Crippen molar-refractivity contribution in [3.8, 4) is 0 Å². The third kappa shape index (κ3) is 3.48. The molecule has 0 aliphatic rings. The normalized spacial score (nSPS) is 11.3. The number of sulfonamides is 1. The Balaban J connectivity index is 2.81. The number of thiophene rings is 1. The lowest BCUT2D eigenvalue weighted by atomic mass is 10.3. The van der Waals surface area contributed by atoms with E-state index in [9.17, 15) is 13.2 Å². The van der Waals surface area contributed by atoms with Crippen molar-refractivity contribution in [2.24, 2.45) is 0 Å². The molecular weight excluding hydrogens is 258 g/mol. The molecule has 1 aromatic heterocycles. The number of carbonyl (C=O) groups is 1. The van der Waals surface area contributed by atoms with Crippen LogP contribution in [0.2, 0.25) is 4.34 Å². The smallest absolute Gasteiger partial charge is 0.273 e. The third-order valence-electron chi connectivity index (χ3n) is 1.54. The Hall–Kier alpha value is -0.590. The van der Waals surface area contributed by atoms with Gasteiger partial charge in [0.15, 0.2) is 0 Å². The van der Waals surface area contributed by atoms with Crippen molar-refractivity contribution in [3.63, 3.8) is 0 Å². The number of hydrogen-bond acceptors (Lipinski definition) is 4. The van der Waals surface area contributed by atoms with Crippen LogP contribution in [0, 0.1) is 0 Å². The third-order valence-corrected chi connectivity index (χ3v) is 4.63. The van der Waals surface area contributed by atoms with E-state index in [1.54, 1.807) is 6.92 Å². The monoisotopic (exact) mass is 267 g/mol. The van der Waals surface area contributed by atoms with Gasteiger partial charge in [-0.05, 0) is 18.6 Å². The van der Waals surface area contributed by atoms with Crippen molar-refractivity contribution in [2.45, 2.75) is 24.0 Å². The van der Waals surface area contributed by atoms with Gasteiger partial charge in [0.05, 0.1) is 4.34 Å². The van der Waals surface area contributed by atoms with Gasteiger partial charge in [0, 0.05) is 6.42 Å². The maximum Gasteiger partial charge on any atom is 0.273 e. The number of hydrogen-bond donors (Lipinski definition) is 1. The Morgan fingerprint density at radius 2 is 2.20 bits per heavy atom. The molecule has 0 aliphatic carbocycles. The summed E-state index contributed by atoms with van der Waals surface area (Å²) in [5.74, 6) is -0.498. The molecule has 1 aromatic rings. The predicted molar refractivity (Wildman–Crippen MR) is 59.6 cm³/mol. The minimum atomic E-state index is -3.73. The SMILES string of the molecule is CCCC(=O)NS(=O)(=O)c1ccc(Cl)s1. The lowest BCUT2D eigenvalue weighted by molar-refractivity contribution is -0.119. The quantitative estimate of drug-likeness (QED) is 0.908. The molecule has 4 nitrogen and oxygen atoms in total. The van der Waals surface area contributed by atoms with Crippen molar-refractivity contribution in [1.29, 1.82) is 0 Å². The minimum Gasteiger partial charge on any atom is -0.274 e. The zero-order valence-electron chi connectivity index (χ0n) is 7.99. The van der Waals surface area contributed by atoms with Crippen LogP contribution in [0.3, 0.4) is 0 Å². The number of carbonyl (C=O) groups excluding carboxylic acids is 1. The van der Waals surface area contributed by atoms with Gasteiger partial charge in [0.2, 0.25) is 5.91 Å². The highest BCUT2D eigenvalue weighted by Crippen LogP contribution is 2.25. The first-order valence-corrected chi connectivity index (χ1v) is 6.94. The van der Waals surface area contributed by atoms with E-state index in [1.807, 2.05) is 4.72 Å². The van der Waals surface area contributed by atoms with Gasteiger partial charge < -0.3 is 0 Å². The van der Waals surface area contributed by atoms with Crippen molar-refractivity contribution in [1.82, 2.24) is 4.72 Å². The molecule has 0 aromatic carbocycles. The second kappa shape index (κ2) is 4.96. The molecule has 15 heavy (non-hydrogen) atoms. The van der Waals surface area contributed by atoms with Crippen LogP contribution in [0.1, 0.15) is 19.8 Å². The lowest BCUT2D eigenvalue weighted by Gasteiger charge is -2.02. The highest BCUT2D eigenvalue weighted by atomic mass is 35.5. The number of halogens is 1. The first kappa shape index (κ1) is 12.5. The molecule has 1 heterocycles. The zero-order valence-corrected chi connectivity index (χ0v) is 10.4. The van der Waals surface area contributed by atoms with Gasteiger partial charge in [-0.1, -0.05) is 18.5 Å². The fraction of sp³-hybridized carbons (Fsp3) is 0.375. The molecule has 0 saturated carbocycles. The lowest BCUT2D eigenvalue weighted by Crippen LogP contribution is -2.29. The summed E-state index contributed by atoms with van der Waals surface area (Å²) in [6.07, 6.45) is 0.797. The van der Waals surface area contributed by atoms with Crippen molar-refractivity contribution in [2.75, 3.05) is 0 Å². The van der Waals surface area contributed by atoms with Gasteiger partial charge in [0.1, 0.15) is 4.21 Å². The summed E-state index contributed by atoms with van der Waals surface area (Å²) in [5, 5.41) is 0. The van der Waals surface area contributed by atoms with Crippen molar-refractivity contribution >= 4 is 38.9 Å². The van der Waals surface area contributed by atoms with Crippen LogP contribution in [0.25, 0.3) is 0 Å². The minimum absolute atomic E-state index is 0.0527. The van der Waals surface area contributed by atoms with Crippen LogP contribution in [0.15, 0.2) is 16.3 Å². The summed E-state index contributed by atoms with van der Waals surface area (Å²) in [7, 11) is -3.73. The topological polar surface area (TPSA) is 63.2 Å². The molecule has 0 fully saturated rings. The molecular formula is C8H10ClNO3S2. The molecule has 1 rings (SSSR count). The van der Waals surface area contributed by atoms with Gasteiger partial charge >= 0.3 is 0 Å². The molecule has 1 amide bonds. The number of rotatable bonds is 4. The Morgan fingerprint density at radius 3 is 2.67 bits per heavy atom. The number of nitrogens with one attached hydrogen (secondary N) is 1. The van der Waals surface area contributed by atoms with Crippen LogP contribution in [0.4, 0.5) is 0 Å². The van der Waals surface area contributed by atoms with E-state index in [0.29, 0.717) is 10.8 Å².